The molecule has 56 heavy (non-hydrogen) atoms. The number of piperidine rings is 2. The van der Waals surface area contributed by atoms with E-state index in [2.05, 4.69) is 74.6 Å². The predicted molar refractivity (Wildman–Crippen MR) is 217 cm³/mol. The Kier molecular flexibility index (Phi) is 9.67. The van der Waals surface area contributed by atoms with Gasteiger partial charge in [0.1, 0.15) is 6.04 Å². The maximum absolute atomic E-state index is 13.2. The number of carboxylic acids is 1. The summed E-state index contributed by atoms with van der Waals surface area (Å²) in [6.07, 6.45) is 4.63. The number of imide groups is 1. The van der Waals surface area contributed by atoms with Crippen LogP contribution in [0.3, 0.4) is 0 Å². The van der Waals surface area contributed by atoms with Crippen LogP contribution in [0.15, 0.2) is 91.0 Å². The van der Waals surface area contributed by atoms with E-state index in [1.807, 2.05) is 30.3 Å². The van der Waals surface area contributed by atoms with E-state index >= 15 is 0 Å². The van der Waals surface area contributed by atoms with Gasteiger partial charge in [-0.25, -0.2) is 4.79 Å². The predicted octanol–water partition coefficient (Wildman–Crippen LogP) is 6.09. The van der Waals surface area contributed by atoms with Crippen LogP contribution in [0.1, 0.15) is 80.6 Å². The first-order chi connectivity index (χ1) is 27.3. The number of rotatable bonds is 8. The molecule has 10 nitrogen and oxygen atoms in total. The molecule has 4 heterocycles. The van der Waals surface area contributed by atoms with Gasteiger partial charge in [-0.3, -0.25) is 24.6 Å². The third-order valence-corrected chi connectivity index (χ3v) is 12.6. The van der Waals surface area contributed by atoms with Gasteiger partial charge in [-0.15, -0.1) is 0 Å². The summed E-state index contributed by atoms with van der Waals surface area (Å²) >= 11 is 0. The molecule has 0 spiro atoms. The Morgan fingerprint density at radius 2 is 1.39 bits per heavy atom. The molecule has 1 atom stereocenters. The van der Waals surface area contributed by atoms with Gasteiger partial charge in [0.05, 0.1) is 5.56 Å². The van der Waals surface area contributed by atoms with E-state index in [9.17, 15) is 24.3 Å². The topological polar surface area (TPSA) is 114 Å². The fourth-order valence-electron chi connectivity index (χ4n) is 9.51. The van der Waals surface area contributed by atoms with Crippen molar-refractivity contribution in [3.8, 4) is 0 Å². The number of aryl methyl sites for hydroxylation is 1. The van der Waals surface area contributed by atoms with Gasteiger partial charge < -0.3 is 19.8 Å². The Hall–Kier alpha value is -5.74. The molecule has 3 saturated heterocycles. The molecular weight excluding hydrogens is 703 g/mol. The lowest BCUT2D eigenvalue weighted by molar-refractivity contribution is -0.136. The highest BCUT2D eigenvalue weighted by Gasteiger charge is 2.39. The number of carbonyl (C=O) groups excluding carboxylic acids is 3. The lowest BCUT2D eigenvalue weighted by Gasteiger charge is -2.40. The van der Waals surface area contributed by atoms with Crippen LogP contribution in [0.2, 0.25) is 0 Å². The fourth-order valence-corrected chi connectivity index (χ4v) is 9.51. The van der Waals surface area contributed by atoms with Crippen LogP contribution in [-0.4, -0.2) is 90.5 Å². The summed E-state index contributed by atoms with van der Waals surface area (Å²) in [5.41, 5.74) is 11.4. The number of hydrogen-bond acceptors (Lipinski definition) is 7. The molecule has 2 N–H and O–H groups in total. The normalized spacial score (nSPS) is 20.6. The van der Waals surface area contributed by atoms with Gasteiger partial charge in [0.2, 0.25) is 11.8 Å². The number of benzene rings is 4. The molecular formula is C46H47N5O5. The van der Waals surface area contributed by atoms with Crippen molar-refractivity contribution in [3.63, 3.8) is 0 Å². The van der Waals surface area contributed by atoms with Gasteiger partial charge in [-0.05, 0) is 119 Å². The summed E-state index contributed by atoms with van der Waals surface area (Å²) in [7, 11) is 0. The van der Waals surface area contributed by atoms with E-state index in [0.717, 1.165) is 99.4 Å². The van der Waals surface area contributed by atoms with Crippen molar-refractivity contribution in [1.82, 2.24) is 15.1 Å². The summed E-state index contributed by atoms with van der Waals surface area (Å²) in [6.45, 7) is 7.45. The lowest BCUT2D eigenvalue weighted by Crippen LogP contribution is -2.52. The fraction of sp³-hybridized carbons (Fsp3) is 0.348. The molecule has 5 aliphatic rings. The number of nitrogens with zero attached hydrogens (tertiary/aromatic N) is 4. The molecule has 10 heteroatoms. The van der Waals surface area contributed by atoms with Crippen molar-refractivity contribution in [1.29, 1.82) is 0 Å². The average molecular weight is 750 g/mol. The number of piperazine rings is 1. The highest BCUT2D eigenvalue weighted by molar-refractivity contribution is 6.06. The van der Waals surface area contributed by atoms with E-state index in [-0.39, 0.29) is 24.1 Å². The van der Waals surface area contributed by atoms with Crippen molar-refractivity contribution < 1.29 is 24.3 Å². The van der Waals surface area contributed by atoms with Crippen molar-refractivity contribution in [2.24, 2.45) is 5.92 Å². The minimum absolute atomic E-state index is 0.131. The molecule has 3 amide bonds. The van der Waals surface area contributed by atoms with E-state index in [1.165, 1.54) is 22.4 Å². The molecule has 1 aliphatic carbocycles. The van der Waals surface area contributed by atoms with Gasteiger partial charge in [0.15, 0.2) is 0 Å². The SMILES string of the molecule is O=C1CC[C@H](N2Cc3cc(N4CCN(CC5CCN(c6ccc(C7=C(c8ccccc8)CCc8cc(C(=O)O)ccc87)cc6)CC5)CC4)ccc3C2=O)C(=O)N1. The monoisotopic (exact) mass is 749 g/mol. The van der Waals surface area contributed by atoms with Gasteiger partial charge in [0.25, 0.3) is 5.91 Å². The standard InChI is InChI=1S/C46H47N5O5/c52-42-17-16-41(44(53)47-42)51-29-35-27-37(12-15-40(35)45(51)54)50-24-22-48(23-25-50)28-30-18-20-49(21-19-30)36-10-6-32(7-11-36)43-38(31-4-2-1-3-5-31)13-8-33-26-34(46(55)56)9-14-39(33)43/h1-7,9-12,14-15,26-27,30,41H,8,13,16-25,28-29H2,(H,55,56)(H,47,52,53)/t41-/m0/s1. The van der Waals surface area contributed by atoms with Crippen LogP contribution in [0.4, 0.5) is 11.4 Å². The molecule has 0 aromatic heterocycles. The van der Waals surface area contributed by atoms with E-state index in [0.29, 0.717) is 30.0 Å². The molecule has 4 aromatic rings. The summed E-state index contributed by atoms with van der Waals surface area (Å²) in [5, 5.41) is 12.0. The number of hydrogen-bond donors (Lipinski definition) is 2. The van der Waals surface area contributed by atoms with Gasteiger partial charge in [-0.1, -0.05) is 48.5 Å². The first-order valence-electron chi connectivity index (χ1n) is 20.0. The zero-order valence-corrected chi connectivity index (χ0v) is 31.6. The third-order valence-electron chi connectivity index (χ3n) is 12.6. The average Bonchev–Trinajstić information content (AvgIpc) is 3.55. The highest BCUT2D eigenvalue weighted by atomic mass is 16.4. The van der Waals surface area contributed by atoms with Crippen molar-refractivity contribution in [3.05, 3.63) is 130 Å². The second kappa shape index (κ2) is 15.1. The third kappa shape index (κ3) is 6.98. The molecule has 0 saturated carbocycles. The molecule has 0 radical (unpaired) electrons. The molecule has 0 unspecified atom stereocenters. The first-order valence-corrected chi connectivity index (χ1v) is 20.0. The number of aromatic carboxylic acids is 1. The smallest absolute Gasteiger partial charge is 0.335 e. The second-order valence-electron chi connectivity index (χ2n) is 15.9. The van der Waals surface area contributed by atoms with E-state index in [4.69, 9.17) is 0 Å². The number of anilines is 2. The van der Waals surface area contributed by atoms with E-state index < -0.39 is 12.0 Å². The molecule has 286 valence electrons. The van der Waals surface area contributed by atoms with Crippen LogP contribution in [0.25, 0.3) is 11.1 Å². The molecule has 9 rings (SSSR count). The van der Waals surface area contributed by atoms with Crippen LogP contribution in [0.5, 0.6) is 0 Å². The Morgan fingerprint density at radius 3 is 2.12 bits per heavy atom. The summed E-state index contributed by atoms with van der Waals surface area (Å²) in [6, 6.07) is 30.6. The van der Waals surface area contributed by atoms with Crippen LogP contribution in [-0.2, 0) is 22.6 Å². The zero-order valence-electron chi connectivity index (χ0n) is 31.6. The quantitative estimate of drug-likeness (QED) is 0.208. The van der Waals surface area contributed by atoms with Crippen molar-refractivity contribution in [2.75, 3.05) is 55.6 Å². The molecule has 4 aliphatic heterocycles. The van der Waals surface area contributed by atoms with Gasteiger partial charge in [-0.2, -0.15) is 0 Å². The number of carbonyl (C=O) groups is 4. The zero-order chi connectivity index (χ0) is 38.3. The Morgan fingerprint density at radius 1 is 0.679 bits per heavy atom. The van der Waals surface area contributed by atoms with Crippen LogP contribution in [0, 0.1) is 5.92 Å². The highest BCUT2D eigenvalue weighted by Crippen LogP contribution is 2.42. The first kappa shape index (κ1) is 35.9. The summed E-state index contributed by atoms with van der Waals surface area (Å²) < 4.78 is 0. The molecule has 0 bridgehead atoms. The number of carboxylic acid groups (broad SMARTS) is 1. The van der Waals surface area contributed by atoms with Gasteiger partial charge >= 0.3 is 5.97 Å². The summed E-state index contributed by atoms with van der Waals surface area (Å²) in [4.78, 5) is 58.1. The summed E-state index contributed by atoms with van der Waals surface area (Å²) in [5.74, 6) is -1.01. The van der Waals surface area contributed by atoms with Gasteiger partial charge in [0, 0.05) is 75.7 Å². The Bertz CT molecular complexity index is 2220. The number of allylic oxidation sites excluding steroid dienone is 1. The molecule has 4 aromatic carbocycles. The van der Waals surface area contributed by atoms with Crippen LogP contribution >= 0.6 is 0 Å². The van der Waals surface area contributed by atoms with Crippen molar-refractivity contribution in [2.45, 2.75) is 51.1 Å². The molecule has 3 fully saturated rings. The Labute approximate surface area is 327 Å². The minimum atomic E-state index is -0.891. The number of amides is 3. The van der Waals surface area contributed by atoms with Crippen molar-refractivity contribution >= 4 is 46.2 Å². The lowest BCUT2D eigenvalue weighted by atomic mass is 9.79. The Balaban J connectivity index is 0.798. The number of fused-ring (bicyclic) bond motifs is 2. The minimum Gasteiger partial charge on any atom is -0.478 e. The van der Waals surface area contributed by atoms with E-state index in [1.54, 1.807) is 11.0 Å². The van der Waals surface area contributed by atoms with Crippen LogP contribution < -0.4 is 15.1 Å². The second-order valence-corrected chi connectivity index (χ2v) is 15.9. The number of nitrogens with one attached hydrogen (secondary N) is 1. The largest absolute Gasteiger partial charge is 0.478 e. The maximum atomic E-state index is 13.2. The maximum Gasteiger partial charge on any atom is 0.335 e.